The zero-order valence-electron chi connectivity index (χ0n) is 18.3. The second-order valence-electron chi connectivity index (χ2n) is 8.40. The molecule has 1 saturated heterocycles. The van der Waals surface area contributed by atoms with Crippen LogP contribution in [-0.2, 0) is 27.9 Å². The van der Waals surface area contributed by atoms with Crippen LogP contribution >= 0.6 is 7.60 Å². The van der Waals surface area contributed by atoms with Crippen LogP contribution in [-0.4, -0.2) is 55.0 Å². The number of hydrogen-bond acceptors (Lipinski definition) is 7. The Morgan fingerprint density at radius 2 is 1.83 bits per heavy atom. The normalized spacial score (nSPS) is 26.3. The molecule has 0 aromatic heterocycles. The van der Waals surface area contributed by atoms with Gasteiger partial charge in [0.1, 0.15) is 11.6 Å². The van der Waals surface area contributed by atoms with E-state index in [1.165, 1.54) is 7.11 Å². The highest BCUT2D eigenvalue weighted by Crippen LogP contribution is 2.53. The maximum atomic E-state index is 12.8. The first-order valence-corrected chi connectivity index (χ1v) is 11.8. The molecular weight excluding hydrogens is 397 g/mol. The van der Waals surface area contributed by atoms with Gasteiger partial charge in [-0.3, -0.25) is 9.46 Å². The molecule has 1 aliphatic carbocycles. The molecule has 29 heavy (non-hydrogen) atoms. The quantitative estimate of drug-likeness (QED) is 0.452. The molecule has 8 nitrogen and oxygen atoms in total. The van der Waals surface area contributed by atoms with Crippen molar-refractivity contribution in [3.63, 3.8) is 0 Å². The van der Waals surface area contributed by atoms with Gasteiger partial charge in [-0.2, -0.15) is 0 Å². The number of nitrogens with zero attached hydrogens (tertiary/aromatic N) is 1. The van der Waals surface area contributed by atoms with Gasteiger partial charge in [-0.1, -0.05) is 5.57 Å². The average Bonchev–Trinajstić information content (AvgIpc) is 2.98. The molecule has 0 aromatic rings. The van der Waals surface area contributed by atoms with Crippen LogP contribution in [0.1, 0.15) is 60.3 Å². The third-order valence-corrected chi connectivity index (χ3v) is 7.00. The first-order chi connectivity index (χ1) is 13.5. The zero-order chi connectivity index (χ0) is 21.8. The number of likely N-dealkylation sites (tertiary alicyclic amines) is 1. The van der Waals surface area contributed by atoms with E-state index in [2.05, 4.69) is 0 Å². The number of rotatable bonds is 6. The molecular formula is C20H34NO7P. The Balaban J connectivity index is 2.23. The molecule has 0 aromatic carbocycles. The van der Waals surface area contributed by atoms with Gasteiger partial charge >= 0.3 is 19.7 Å². The van der Waals surface area contributed by atoms with E-state index in [1.807, 2.05) is 0 Å². The monoisotopic (exact) mass is 431 g/mol. The molecule has 1 amide bonds. The molecule has 166 valence electrons. The lowest BCUT2D eigenvalue weighted by Crippen LogP contribution is -2.48. The molecule has 0 bridgehead atoms. The molecule has 0 N–H and O–H groups in total. The van der Waals surface area contributed by atoms with Gasteiger partial charge in [0.05, 0.1) is 20.3 Å². The lowest BCUT2D eigenvalue weighted by atomic mass is 9.82. The van der Waals surface area contributed by atoms with Gasteiger partial charge < -0.3 is 18.5 Å². The third kappa shape index (κ3) is 6.06. The Morgan fingerprint density at radius 1 is 1.21 bits per heavy atom. The molecule has 1 heterocycles. The molecule has 1 saturated carbocycles. The van der Waals surface area contributed by atoms with Crippen molar-refractivity contribution >= 4 is 19.7 Å². The first-order valence-electron chi connectivity index (χ1n) is 10.2. The summed E-state index contributed by atoms with van der Waals surface area (Å²) in [6, 6.07) is -0.792. The van der Waals surface area contributed by atoms with E-state index in [0.717, 1.165) is 5.57 Å². The number of carbonyl (C=O) groups is 2. The molecule has 2 fully saturated rings. The highest BCUT2D eigenvalue weighted by Gasteiger charge is 2.50. The van der Waals surface area contributed by atoms with E-state index in [1.54, 1.807) is 45.3 Å². The molecule has 3 atom stereocenters. The molecule has 0 radical (unpaired) electrons. The van der Waals surface area contributed by atoms with E-state index >= 15 is 0 Å². The van der Waals surface area contributed by atoms with Crippen LogP contribution in [0, 0.1) is 5.92 Å². The molecule has 0 unspecified atom stereocenters. The van der Waals surface area contributed by atoms with Crippen molar-refractivity contribution in [2.75, 3.05) is 20.3 Å². The lowest BCUT2D eigenvalue weighted by molar-refractivity contribution is -0.146. The largest absolute Gasteiger partial charge is 0.467 e. The predicted octanol–water partition coefficient (Wildman–Crippen LogP) is 4.49. The van der Waals surface area contributed by atoms with Crippen LogP contribution in [0.2, 0.25) is 0 Å². The first kappa shape index (κ1) is 23.9. The maximum Gasteiger partial charge on any atom is 0.411 e. The summed E-state index contributed by atoms with van der Waals surface area (Å²) in [4.78, 5) is 26.7. The van der Waals surface area contributed by atoms with E-state index < -0.39 is 31.3 Å². The van der Waals surface area contributed by atoms with Crippen LogP contribution in [0.4, 0.5) is 4.79 Å². The fraction of sp³-hybridized carbons (Fsp3) is 0.800. The van der Waals surface area contributed by atoms with Crippen molar-refractivity contribution in [1.82, 2.24) is 4.90 Å². The lowest BCUT2D eigenvalue weighted by Gasteiger charge is -2.35. The highest BCUT2D eigenvalue weighted by atomic mass is 31.2. The Hall–Kier alpha value is -1.37. The summed E-state index contributed by atoms with van der Waals surface area (Å²) < 4.78 is 34.1. The van der Waals surface area contributed by atoms with Crippen molar-refractivity contribution in [1.29, 1.82) is 0 Å². The minimum atomic E-state index is -3.29. The van der Waals surface area contributed by atoms with Crippen molar-refractivity contribution in [2.24, 2.45) is 5.92 Å². The van der Waals surface area contributed by atoms with Gasteiger partial charge in [0, 0.05) is 11.9 Å². The number of methoxy groups -OCH3 is 1. The molecule has 0 spiro atoms. The Bertz CT molecular complexity index is 675. The van der Waals surface area contributed by atoms with Crippen molar-refractivity contribution in [3.8, 4) is 0 Å². The van der Waals surface area contributed by atoms with Crippen LogP contribution < -0.4 is 0 Å². The summed E-state index contributed by atoms with van der Waals surface area (Å²) in [5.41, 5.74) is 0.322. The SMILES string of the molecule is CCOP(=O)(/C=C1\CC[C@@H]2[C@H](C1)C[C@@H](C(=O)OC)N2C(=O)OC(C)(C)C)OCC. The van der Waals surface area contributed by atoms with E-state index in [9.17, 15) is 14.2 Å². The summed E-state index contributed by atoms with van der Waals surface area (Å²) in [6.07, 6.45) is 1.92. The molecule has 9 heteroatoms. The van der Waals surface area contributed by atoms with E-state index in [-0.39, 0.29) is 12.0 Å². The number of allylic oxidation sites excluding steroid dienone is 1. The van der Waals surface area contributed by atoms with Crippen molar-refractivity contribution in [3.05, 3.63) is 11.4 Å². The molecule has 1 aliphatic heterocycles. The second-order valence-corrected chi connectivity index (χ2v) is 10.2. The van der Waals surface area contributed by atoms with Crippen LogP contribution in [0.5, 0.6) is 0 Å². The Kier molecular flexibility index (Phi) is 7.93. The Morgan fingerprint density at radius 3 is 2.34 bits per heavy atom. The summed E-state index contributed by atoms with van der Waals surface area (Å²) in [6.45, 7) is 9.54. The molecule has 2 aliphatic rings. The van der Waals surface area contributed by atoms with E-state index in [0.29, 0.717) is 38.9 Å². The predicted molar refractivity (Wildman–Crippen MR) is 109 cm³/mol. The maximum absolute atomic E-state index is 12.8. The fourth-order valence-corrected chi connectivity index (χ4v) is 5.74. The van der Waals surface area contributed by atoms with Gasteiger partial charge in [-0.15, -0.1) is 0 Å². The standard InChI is InChI=1S/C20H34NO7P/c1-7-26-29(24,27-8-2)13-14-9-10-16-15(11-14)12-17(18(22)25-6)21(16)19(23)28-20(3,4)5/h13,15-17H,7-12H2,1-6H3/b14-13+/t15-,16-,17+/m1/s1. The van der Waals surface area contributed by atoms with Crippen LogP contribution in [0.25, 0.3) is 0 Å². The fourth-order valence-electron chi connectivity index (χ4n) is 4.12. The van der Waals surface area contributed by atoms with E-state index in [4.69, 9.17) is 18.5 Å². The minimum absolute atomic E-state index is 0.0586. The Labute approximate surface area is 173 Å². The van der Waals surface area contributed by atoms with Gasteiger partial charge in [0.15, 0.2) is 0 Å². The number of amides is 1. The number of fused-ring (bicyclic) bond motifs is 1. The number of ether oxygens (including phenoxy) is 2. The van der Waals surface area contributed by atoms with Gasteiger partial charge in [0.25, 0.3) is 0 Å². The smallest absolute Gasteiger partial charge is 0.411 e. The van der Waals surface area contributed by atoms with Gasteiger partial charge in [-0.05, 0) is 66.2 Å². The number of esters is 1. The topological polar surface area (TPSA) is 91.4 Å². The number of hydrogen-bond donors (Lipinski definition) is 0. The van der Waals surface area contributed by atoms with Crippen molar-refractivity contribution < 1.29 is 32.7 Å². The molecule has 2 rings (SSSR count). The summed E-state index contributed by atoms with van der Waals surface area (Å²) >= 11 is 0. The van der Waals surface area contributed by atoms with Gasteiger partial charge in [-0.25, -0.2) is 9.59 Å². The van der Waals surface area contributed by atoms with Crippen LogP contribution in [0.3, 0.4) is 0 Å². The van der Waals surface area contributed by atoms with Crippen molar-refractivity contribution in [2.45, 2.75) is 78.0 Å². The zero-order valence-corrected chi connectivity index (χ0v) is 19.2. The van der Waals surface area contributed by atoms with Gasteiger partial charge in [0.2, 0.25) is 0 Å². The minimum Gasteiger partial charge on any atom is -0.467 e. The summed E-state index contributed by atoms with van der Waals surface area (Å²) in [5, 5.41) is 0. The second kappa shape index (κ2) is 9.63. The van der Waals surface area contributed by atoms with Crippen LogP contribution in [0.15, 0.2) is 11.4 Å². The number of carbonyl (C=O) groups excluding carboxylic acids is 2. The summed E-state index contributed by atoms with van der Waals surface area (Å²) in [7, 11) is -1.96. The average molecular weight is 431 g/mol. The highest BCUT2D eigenvalue weighted by molar-refractivity contribution is 7.57. The summed E-state index contributed by atoms with van der Waals surface area (Å²) in [5.74, 6) is 1.24. The third-order valence-electron chi connectivity index (χ3n) is 5.09.